The highest BCUT2D eigenvalue weighted by molar-refractivity contribution is 7.92. The summed E-state index contributed by atoms with van der Waals surface area (Å²) in [6.45, 7) is 2.62. The third-order valence-electron chi connectivity index (χ3n) is 7.67. The molecule has 4 aromatic rings. The number of hydrogen-bond acceptors (Lipinski definition) is 4. The average molecular weight is 721 g/mol. The van der Waals surface area contributed by atoms with Crippen molar-refractivity contribution in [3.05, 3.63) is 130 Å². The first kappa shape index (κ1) is 36.8. The van der Waals surface area contributed by atoms with Gasteiger partial charge in [-0.25, -0.2) is 8.42 Å². The van der Waals surface area contributed by atoms with Crippen molar-refractivity contribution < 1.29 is 31.2 Å². The summed E-state index contributed by atoms with van der Waals surface area (Å²) in [5.74, 6) is -1.31. The molecule has 2 amide bonds. The number of nitrogens with zero attached hydrogens (tertiary/aromatic N) is 2. The lowest BCUT2D eigenvalue weighted by Crippen LogP contribution is -2.54. The molecule has 0 radical (unpaired) electrons. The second-order valence-electron chi connectivity index (χ2n) is 11.2. The highest BCUT2D eigenvalue weighted by atomic mass is 35.5. The Bertz CT molecular complexity index is 1830. The van der Waals surface area contributed by atoms with Crippen LogP contribution in [0.3, 0.4) is 0 Å². The zero-order chi connectivity index (χ0) is 35.1. The van der Waals surface area contributed by atoms with Gasteiger partial charge in [0.15, 0.2) is 0 Å². The molecule has 0 aliphatic heterocycles. The van der Waals surface area contributed by atoms with Crippen LogP contribution in [-0.4, -0.2) is 43.8 Å². The number of halogens is 5. The molecule has 0 saturated heterocycles. The third kappa shape index (κ3) is 9.30. The summed E-state index contributed by atoms with van der Waals surface area (Å²) < 4.78 is 70.5. The lowest BCUT2D eigenvalue weighted by Gasteiger charge is -2.34. The molecule has 1 N–H and O–H groups in total. The fourth-order valence-corrected chi connectivity index (χ4v) is 6.83. The van der Waals surface area contributed by atoms with E-state index < -0.39 is 56.9 Å². The van der Waals surface area contributed by atoms with Crippen LogP contribution in [0.1, 0.15) is 37.0 Å². The second-order valence-corrected chi connectivity index (χ2v) is 13.9. The Kier molecular flexibility index (Phi) is 12.2. The van der Waals surface area contributed by atoms with Crippen LogP contribution in [0.25, 0.3) is 0 Å². The monoisotopic (exact) mass is 719 g/mol. The number of rotatable bonds is 13. The lowest BCUT2D eigenvalue weighted by molar-refractivity contribution is -0.140. The van der Waals surface area contributed by atoms with Gasteiger partial charge in [0, 0.05) is 24.0 Å². The summed E-state index contributed by atoms with van der Waals surface area (Å²) in [6, 6.07) is 23.9. The van der Waals surface area contributed by atoms with E-state index in [-0.39, 0.29) is 23.9 Å². The summed E-state index contributed by atoms with van der Waals surface area (Å²) in [5.41, 5.74) is -0.427. The molecule has 0 bridgehead atoms. The lowest BCUT2D eigenvalue weighted by atomic mass is 10.0. The molecule has 0 fully saturated rings. The van der Waals surface area contributed by atoms with Crippen molar-refractivity contribution in [2.75, 3.05) is 10.8 Å². The smallest absolute Gasteiger partial charge is 0.352 e. The maximum Gasteiger partial charge on any atom is 0.417 e. The third-order valence-corrected chi connectivity index (χ3v) is 10.0. The molecule has 0 heterocycles. The molecule has 254 valence electrons. The highest BCUT2D eigenvalue weighted by Crippen LogP contribution is 2.38. The van der Waals surface area contributed by atoms with E-state index in [9.17, 15) is 31.2 Å². The number of sulfonamides is 1. The largest absolute Gasteiger partial charge is 0.417 e. The molecule has 48 heavy (non-hydrogen) atoms. The maximum atomic E-state index is 14.5. The Morgan fingerprint density at radius 1 is 0.854 bits per heavy atom. The van der Waals surface area contributed by atoms with Crippen LogP contribution in [0.2, 0.25) is 10.0 Å². The van der Waals surface area contributed by atoms with Crippen LogP contribution >= 0.6 is 23.2 Å². The normalized spacial score (nSPS) is 13.0. The van der Waals surface area contributed by atoms with Gasteiger partial charge in [-0.1, -0.05) is 90.8 Å². The number of amides is 2. The van der Waals surface area contributed by atoms with Gasteiger partial charge in [0.1, 0.15) is 12.6 Å². The Hall–Kier alpha value is -4.06. The van der Waals surface area contributed by atoms with Crippen molar-refractivity contribution in [3.63, 3.8) is 0 Å². The molecule has 2 atom stereocenters. The van der Waals surface area contributed by atoms with Gasteiger partial charge in [0.05, 0.1) is 21.2 Å². The minimum atomic E-state index is -4.91. The van der Waals surface area contributed by atoms with Crippen molar-refractivity contribution in [1.82, 2.24) is 10.2 Å². The van der Waals surface area contributed by atoms with Gasteiger partial charge in [-0.3, -0.25) is 13.9 Å². The minimum absolute atomic E-state index is 0.0695. The Morgan fingerprint density at radius 3 is 2.08 bits per heavy atom. The topological polar surface area (TPSA) is 86.8 Å². The number of benzene rings is 4. The van der Waals surface area contributed by atoms with Crippen LogP contribution in [0.5, 0.6) is 0 Å². The molecule has 0 spiro atoms. The fraction of sp³-hybridized carbons (Fsp3) is 0.257. The predicted molar refractivity (Wildman–Crippen MR) is 181 cm³/mol. The molecule has 7 nitrogen and oxygen atoms in total. The van der Waals surface area contributed by atoms with Gasteiger partial charge in [-0.15, -0.1) is 0 Å². The Morgan fingerprint density at radius 2 is 1.48 bits per heavy atom. The molecule has 0 unspecified atom stereocenters. The van der Waals surface area contributed by atoms with E-state index in [2.05, 4.69) is 5.32 Å². The molecular formula is C35H34Cl2F3N3O4S. The van der Waals surface area contributed by atoms with E-state index in [4.69, 9.17) is 23.2 Å². The van der Waals surface area contributed by atoms with Gasteiger partial charge < -0.3 is 10.2 Å². The minimum Gasteiger partial charge on any atom is -0.352 e. The van der Waals surface area contributed by atoms with E-state index in [0.29, 0.717) is 27.4 Å². The number of anilines is 1. The number of nitrogens with one attached hydrogen (secondary N) is 1. The van der Waals surface area contributed by atoms with Gasteiger partial charge in [-0.2, -0.15) is 13.2 Å². The van der Waals surface area contributed by atoms with E-state index in [1.165, 1.54) is 29.2 Å². The molecule has 0 aliphatic carbocycles. The molecule has 0 saturated carbocycles. The van der Waals surface area contributed by atoms with Crippen LogP contribution in [0.15, 0.2) is 108 Å². The van der Waals surface area contributed by atoms with E-state index in [0.717, 1.165) is 17.7 Å². The van der Waals surface area contributed by atoms with Crippen molar-refractivity contribution in [2.45, 2.75) is 56.4 Å². The molecule has 4 rings (SSSR count). The van der Waals surface area contributed by atoms with Gasteiger partial charge in [-0.05, 0) is 66.9 Å². The summed E-state index contributed by atoms with van der Waals surface area (Å²) >= 11 is 12.1. The summed E-state index contributed by atoms with van der Waals surface area (Å²) in [7, 11) is -4.61. The van der Waals surface area contributed by atoms with Gasteiger partial charge in [0.25, 0.3) is 10.0 Å². The van der Waals surface area contributed by atoms with Crippen molar-refractivity contribution >= 4 is 50.7 Å². The van der Waals surface area contributed by atoms with Crippen LogP contribution in [0, 0.1) is 0 Å². The molecule has 0 aliphatic rings. The summed E-state index contributed by atoms with van der Waals surface area (Å²) in [6.07, 6.45) is -4.24. The highest BCUT2D eigenvalue weighted by Gasteiger charge is 2.37. The zero-order valence-corrected chi connectivity index (χ0v) is 28.5. The van der Waals surface area contributed by atoms with Crippen LogP contribution in [-0.2, 0) is 38.8 Å². The van der Waals surface area contributed by atoms with Gasteiger partial charge >= 0.3 is 6.18 Å². The quantitative estimate of drug-likeness (QED) is 0.153. The second kappa shape index (κ2) is 15.9. The fourth-order valence-electron chi connectivity index (χ4n) is 4.96. The zero-order valence-electron chi connectivity index (χ0n) is 26.1. The number of hydrogen-bond donors (Lipinski definition) is 1. The standard InChI is InChI=1S/C35H34Cl2F3N3O4S/c1-3-24(2)41-34(45)32(20-25-11-6-4-7-12-25)42(22-26-13-10-14-27(36)19-26)33(44)23-43(48(46,47)29-15-8-5-9-16-29)28-17-18-31(37)30(21-28)35(38,39)40/h4-19,21,24,32H,3,20,22-23H2,1-2H3,(H,41,45)/t24-,32-/m0/s1. The molecule has 4 aromatic carbocycles. The Labute approximate surface area is 288 Å². The summed E-state index contributed by atoms with van der Waals surface area (Å²) in [5, 5.41) is 2.66. The first-order chi connectivity index (χ1) is 22.7. The van der Waals surface area contributed by atoms with Crippen LogP contribution < -0.4 is 9.62 Å². The van der Waals surface area contributed by atoms with E-state index in [1.54, 1.807) is 60.7 Å². The van der Waals surface area contributed by atoms with E-state index in [1.807, 2.05) is 13.8 Å². The first-order valence-corrected chi connectivity index (χ1v) is 17.2. The SMILES string of the molecule is CC[C@H](C)NC(=O)[C@H](Cc1ccccc1)N(Cc1cccc(Cl)c1)C(=O)CN(c1ccc(Cl)c(C(F)(F)F)c1)S(=O)(=O)c1ccccc1. The number of alkyl halides is 3. The summed E-state index contributed by atoms with van der Waals surface area (Å²) in [4.78, 5) is 29.4. The van der Waals surface area contributed by atoms with Crippen molar-refractivity contribution in [1.29, 1.82) is 0 Å². The van der Waals surface area contributed by atoms with Gasteiger partial charge in [0.2, 0.25) is 11.8 Å². The number of carbonyl (C=O) groups excluding carboxylic acids is 2. The average Bonchev–Trinajstić information content (AvgIpc) is 3.05. The van der Waals surface area contributed by atoms with Crippen molar-refractivity contribution in [3.8, 4) is 0 Å². The van der Waals surface area contributed by atoms with Crippen LogP contribution in [0.4, 0.5) is 18.9 Å². The number of carbonyl (C=O) groups is 2. The predicted octanol–water partition coefficient (Wildman–Crippen LogP) is 7.76. The van der Waals surface area contributed by atoms with Crippen molar-refractivity contribution in [2.24, 2.45) is 0 Å². The molecule has 13 heteroatoms. The maximum absolute atomic E-state index is 14.5. The Balaban J connectivity index is 1.86. The molecule has 0 aromatic heterocycles. The molecular weight excluding hydrogens is 686 g/mol. The first-order valence-electron chi connectivity index (χ1n) is 15.0. The van der Waals surface area contributed by atoms with E-state index >= 15 is 0 Å².